The van der Waals surface area contributed by atoms with E-state index in [1.54, 1.807) is 12.4 Å². The molecule has 0 saturated heterocycles. The second-order valence-electron chi connectivity index (χ2n) is 10.3. The first-order valence-electron chi connectivity index (χ1n) is 13.2. The van der Waals surface area contributed by atoms with E-state index in [2.05, 4.69) is 116 Å². The summed E-state index contributed by atoms with van der Waals surface area (Å²) in [6.07, 6.45) is 3.61. The maximum Gasteiger partial charge on any atom is 0.181 e. The molecule has 0 aliphatic carbocycles. The number of nitrogens with zero attached hydrogens (tertiary/aromatic N) is 5. The highest BCUT2D eigenvalue weighted by Crippen LogP contribution is 2.45. The molecular formula is C34H19N5. The fourth-order valence-corrected chi connectivity index (χ4v) is 7.02. The van der Waals surface area contributed by atoms with E-state index in [0.717, 1.165) is 28.0 Å². The zero-order chi connectivity index (χ0) is 25.2. The minimum absolute atomic E-state index is 0.842. The third-order valence-electron chi connectivity index (χ3n) is 8.46. The SMILES string of the molecule is c1ccc(-n2c3ccc4c5ccccc5n5c6nccnc6n6c7ccccc7c7ccc2c(c3c45)c76)cc1. The Labute approximate surface area is 221 Å². The van der Waals surface area contributed by atoms with Gasteiger partial charge < -0.3 is 4.57 Å². The van der Waals surface area contributed by atoms with Crippen LogP contribution in [0.1, 0.15) is 0 Å². The predicted molar refractivity (Wildman–Crippen MR) is 159 cm³/mol. The molecule has 0 amide bonds. The van der Waals surface area contributed by atoms with Crippen molar-refractivity contribution in [3.05, 3.63) is 116 Å². The van der Waals surface area contributed by atoms with E-state index >= 15 is 0 Å². The van der Waals surface area contributed by atoms with Crippen molar-refractivity contribution in [3.8, 4) is 5.69 Å². The minimum Gasteiger partial charge on any atom is -0.309 e. The summed E-state index contributed by atoms with van der Waals surface area (Å²) >= 11 is 0. The molecule has 0 saturated carbocycles. The number of hydrogen-bond acceptors (Lipinski definition) is 2. The summed E-state index contributed by atoms with van der Waals surface area (Å²) in [6, 6.07) is 37.1. The summed E-state index contributed by atoms with van der Waals surface area (Å²) in [6.45, 7) is 0. The standard InChI is InChI=1S/C34H19N5/c1-2-8-20(9-3-1)37-27-16-14-23-21-10-4-6-12-25(21)38-31(23)29(27)30-28(37)17-15-24-22-11-5-7-13-26(22)39(32(24)30)34-33(38)35-18-19-36-34/h1-19H. The van der Waals surface area contributed by atoms with Crippen molar-refractivity contribution in [3.63, 3.8) is 0 Å². The summed E-state index contributed by atoms with van der Waals surface area (Å²) < 4.78 is 7.08. The number of para-hydroxylation sites is 3. The molecule has 5 aromatic carbocycles. The minimum atomic E-state index is 0.842. The Morgan fingerprint density at radius 3 is 1.44 bits per heavy atom. The summed E-state index contributed by atoms with van der Waals surface area (Å²) in [5.74, 6) is 0. The van der Waals surface area contributed by atoms with Crippen molar-refractivity contribution in [1.82, 2.24) is 23.3 Å². The number of hydrogen-bond donors (Lipinski definition) is 0. The van der Waals surface area contributed by atoms with Gasteiger partial charge in [-0.15, -0.1) is 0 Å². The Kier molecular flexibility index (Phi) is 3.38. The molecule has 39 heavy (non-hydrogen) atoms. The molecule has 0 bridgehead atoms. The average molecular weight is 498 g/mol. The molecule has 180 valence electrons. The van der Waals surface area contributed by atoms with Crippen LogP contribution in [0.4, 0.5) is 0 Å². The van der Waals surface area contributed by atoms with Gasteiger partial charge in [0.05, 0.1) is 33.1 Å². The van der Waals surface area contributed by atoms with E-state index in [4.69, 9.17) is 9.97 Å². The van der Waals surface area contributed by atoms with Crippen molar-refractivity contribution in [2.45, 2.75) is 0 Å². The van der Waals surface area contributed by atoms with Crippen LogP contribution in [0, 0.1) is 0 Å². The normalized spacial score (nSPS) is 12.6. The van der Waals surface area contributed by atoms with Crippen molar-refractivity contribution >= 4 is 76.7 Å². The van der Waals surface area contributed by atoms with E-state index in [1.165, 1.54) is 54.4 Å². The molecule has 10 aromatic rings. The van der Waals surface area contributed by atoms with Gasteiger partial charge in [0.1, 0.15) is 0 Å². The van der Waals surface area contributed by atoms with E-state index in [1.807, 2.05) is 0 Å². The zero-order valence-corrected chi connectivity index (χ0v) is 20.7. The van der Waals surface area contributed by atoms with Gasteiger partial charge in [-0.2, -0.15) is 0 Å². The fourth-order valence-electron chi connectivity index (χ4n) is 7.02. The van der Waals surface area contributed by atoms with Crippen molar-refractivity contribution < 1.29 is 0 Å². The van der Waals surface area contributed by atoms with Crippen molar-refractivity contribution in [2.24, 2.45) is 0 Å². The average Bonchev–Trinajstić information content (AvgIpc) is 3.62. The van der Waals surface area contributed by atoms with Crippen LogP contribution in [-0.4, -0.2) is 23.3 Å². The first-order chi connectivity index (χ1) is 19.4. The molecule has 0 atom stereocenters. The summed E-state index contributed by atoms with van der Waals surface area (Å²) in [5, 5.41) is 7.37. The lowest BCUT2D eigenvalue weighted by Gasteiger charge is -2.08. The monoisotopic (exact) mass is 497 g/mol. The van der Waals surface area contributed by atoms with Crippen LogP contribution >= 0.6 is 0 Å². The second kappa shape index (κ2) is 6.71. The Morgan fingerprint density at radius 2 is 0.897 bits per heavy atom. The van der Waals surface area contributed by atoms with E-state index in [0.29, 0.717) is 0 Å². The number of rotatable bonds is 1. The van der Waals surface area contributed by atoms with E-state index in [-0.39, 0.29) is 0 Å². The lowest BCUT2D eigenvalue weighted by Crippen LogP contribution is -1.97. The summed E-state index contributed by atoms with van der Waals surface area (Å²) in [7, 11) is 0. The first-order valence-corrected chi connectivity index (χ1v) is 13.2. The highest BCUT2D eigenvalue weighted by Gasteiger charge is 2.25. The van der Waals surface area contributed by atoms with Crippen LogP contribution in [0.25, 0.3) is 82.4 Å². The van der Waals surface area contributed by atoms with Gasteiger partial charge >= 0.3 is 0 Å². The summed E-state index contributed by atoms with van der Waals surface area (Å²) in [5.41, 5.74) is 9.83. The van der Waals surface area contributed by atoms with Crippen LogP contribution < -0.4 is 0 Å². The predicted octanol–water partition coefficient (Wildman–Crippen LogP) is 8.13. The molecule has 0 fully saturated rings. The number of benzene rings is 5. The number of fused-ring (bicyclic) bond motifs is 9. The zero-order valence-electron chi connectivity index (χ0n) is 20.7. The Bertz CT molecular complexity index is 2440. The van der Waals surface area contributed by atoms with Gasteiger partial charge in [-0.3, -0.25) is 8.80 Å². The topological polar surface area (TPSA) is 39.5 Å². The van der Waals surface area contributed by atoms with Gasteiger partial charge in [0.25, 0.3) is 0 Å². The van der Waals surface area contributed by atoms with Gasteiger partial charge in [-0.1, -0.05) is 66.7 Å². The lowest BCUT2D eigenvalue weighted by molar-refractivity contribution is 1.15. The molecule has 0 spiro atoms. The third kappa shape index (κ3) is 2.20. The third-order valence-corrected chi connectivity index (χ3v) is 8.46. The highest BCUT2D eigenvalue weighted by molar-refractivity contribution is 6.33. The van der Waals surface area contributed by atoms with Crippen LogP contribution in [0.5, 0.6) is 0 Å². The molecule has 0 unspecified atom stereocenters. The number of aromatic nitrogens is 5. The second-order valence-corrected chi connectivity index (χ2v) is 10.3. The molecule has 5 heteroatoms. The molecule has 0 aliphatic rings. The van der Waals surface area contributed by atoms with Gasteiger partial charge in [0.15, 0.2) is 11.3 Å². The molecule has 10 rings (SSSR count). The van der Waals surface area contributed by atoms with Crippen LogP contribution in [-0.2, 0) is 0 Å². The molecular weight excluding hydrogens is 478 g/mol. The van der Waals surface area contributed by atoms with Crippen LogP contribution in [0.3, 0.4) is 0 Å². The molecule has 5 heterocycles. The van der Waals surface area contributed by atoms with Crippen LogP contribution in [0.15, 0.2) is 116 Å². The van der Waals surface area contributed by atoms with Crippen LogP contribution in [0.2, 0.25) is 0 Å². The maximum absolute atomic E-state index is 5.00. The van der Waals surface area contributed by atoms with Gasteiger partial charge in [-0.25, -0.2) is 9.97 Å². The van der Waals surface area contributed by atoms with Gasteiger partial charge in [0.2, 0.25) is 0 Å². The smallest absolute Gasteiger partial charge is 0.181 e. The van der Waals surface area contributed by atoms with E-state index < -0.39 is 0 Å². The van der Waals surface area contributed by atoms with Crippen molar-refractivity contribution in [2.75, 3.05) is 0 Å². The Hall–Kier alpha value is -5.42. The Balaban J connectivity index is 1.69. The quantitative estimate of drug-likeness (QED) is 0.230. The molecule has 5 nitrogen and oxygen atoms in total. The molecule has 0 aliphatic heterocycles. The fraction of sp³-hybridized carbons (Fsp3) is 0. The Morgan fingerprint density at radius 1 is 0.410 bits per heavy atom. The maximum atomic E-state index is 5.00. The highest BCUT2D eigenvalue weighted by atomic mass is 15.1. The molecule has 0 N–H and O–H groups in total. The van der Waals surface area contributed by atoms with Gasteiger partial charge in [0, 0.05) is 50.4 Å². The summed E-state index contributed by atoms with van der Waals surface area (Å²) in [4.78, 5) is 10.0. The first kappa shape index (κ1) is 19.7. The van der Waals surface area contributed by atoms with E-state index in [9.17, 15) is 0 Å². The lowest BCUT2D eigenvalue weighted by atomic mass is 10.0. The van der Waals surface area contributed by atoms with Gasteiger partial charge in [-0.05, 0) is 36.4 Å². The van der Waals surface area contributed by atoms with Crippen molar-refractivity contribution in [1.29, 1.82) is 0 Å². The molecule has 5 aromatic heterocycles. The largest absolute Gasteiger partial charge is 0.309 e. The molecule has 0 radical (unpaired) electrons.